The number of ether oxygens (including phenoxy) is 2. The number of hydrogen-bond donors (Lipinski definition) is 2. The number of methoxy groups -OCH3 is 2. The fourth-order valence-electron chi connectivity index (χ4n) is 4.58. The van der Waals surface area contributed by atoms with E-state index in [9.17, 15) is 9.59 Å². The molecular weight excluding hydrogens is 452 g/mol. The van der Waals surface area contributed by atoms with E-state index in [-0.39, 0.29) is 0 Å². The normalized spacial score (nSPS) is 22.0. The Morgan fingerprint density at radius 3 is 2.44 bits per heavy atom. The number of rotatable bonds is 6. The van der Waals surface area contributed by atoms with Crippen molar-refractivity contribution in [1.29, 1.82) is 0 Å². The Hall–Kier alpha value is -3.72. The summed E-state index contributed by atoms with van der Waals surface area (Å²) in [6, 6.07) is 13.7. The van der Waals surface area contributed by atoms with E-state index >= 15 is 0 Å². The van der Waals surface area contributed by atoms with Crippen molar-refractivity contribution in [1.82, 2.24) is 15.3 Å². The summed E-state index contributed by atoms with van der Waals surface area (Å²) >= 11 is 1.37. The lowest BCUT2D eigenvalue weighted by Gasteiger charge is -2.47. The van der Waals surface area contributed by atoms with Crippen LogP contribution in [-0.2, 0) is 24.5 Å². The Morgan fingerprint density at radius 2 is 1.79 bits per heavy atom. The smallest absolute Gasteiger partial charge is 0.337 e. The molecule has 3 unspecified atom stereocenters. The van der Waals surface area contributed by atoms with Crippen LogP contribution in [0.15, 0.2) is 71.4 Å². The predicted molar refractivity (Wildman–Crippen MR) is 130 cm³/mol. The summed E-state index contributed by atoms with van der Waals surface area (Å²) in [7, 11) is 2.67. The number of nitrogens with one attached hydrogen (secondary N) is 2. The Labute approximate surface area is 202 Å². The van der Waals surface area contributed by atoms with Crippen LogP contribution in [0.4, 0.5) is 5.13 Å². The monoisotopic (exact) mass is 478 g/mol. The number of thiazole rings is 1. The molecule has 0 radical (unpaired) electrons. The van der Waals surface area contributed by atoms with Gasteiger partial charge in [-0.1, -0.05) is 36.4 Å². The van der Waals surface area contributed by atoms with Gasteiger partial charge in [0.05, 0.1) is 31.5 Å². The summed E-state index contributed by atoms with van der Waals surface area (Å²) in [6.07, 6.45) is 1.70. The van der Waals surface area contributed by atoms with Crippen molar-refractivity contribution >= 4 is 28.4 Å². The second-order valence-corrected chi connectivity index (χ2v) is 8.81. The van der Waals surface area contributed by atoms with Gasteiger partial charge >= 0.3 is 11.9 Å². The lowest BCUT2D eigenvalue weighted by Crippen LogP contribution is -2.65. The maximum atomic E-state index is 13.6. The van der Waals surface area contributed by atoms with Crippen LogP contribution < -0.4 is 10.6 Å². The standard InChI is InChI=1S/C25H26N4O4S/c1-15-20(22(30)32-3)21(29-24-28-19(14-34-24)18-12-8-9-13-26-18)25(16(2)27-15,23(31)33-4)17-10-6-5-7-11-17/h5-14,16,21,27H,1-4H3,(H,28,29). The molecule has 3 heterocycles. The van der Waals surface area contributed by atoms with Crippen molar-refractivity contribution in [2.75, 3.05) is 19.5 Å². The van der Waals surface area contributed by atoms with Gasteiger partial charge < -0.3 is 20.1 Å². The summed E-state index contributed by atoms with van der Waals surface area (Å²) in [5.41, 5.74) is 1.77. The van der Waals surface area contributed by atoms with Gasteiger partial charge in [0.15, 0.2) is 5.13 Å². The van der Waals surface area contributed by atoms with Crippen molar-refractivity contribution in [2.45, 2.75) is 31.3 Å². The fraction of sp³-hybridized carbons (Fsp3) is 0.280. The topological polar surface area (TPSA) is 102 Å². The Kier molecular flexibility index (Phi) is 6.65. The zero-order valence-corrected chi connectivity index (χ0v) is 20.2. The largest absolute Gasteiger partial charge is 0.468 e. The molecule has 0 spiro atoms. The predicted octanol–water partition coefficient (Wildman–Crippen LogP) is 3.54. The van der Waals surface area contributed by atoms with Crippen molar-refractivity contribution in [3.05, 3.63) is 76.9 Å². The van der Waals surface area contributed by atoms with Crippen molar-refractivity contribution in [3.8, 4) is 11.4 Å². The fourth-order valence-corrected chi connectivity index (χ4v) is 5.32. The highest BCUT2D eigenvalue weighted by Crippen LogP contribution is 2.43. The molecule has 8 nitrogen and oxygen atoms in total. The van der Waals surface area contributed by atoms with Gasteiger partial charge in [-0.3, -0.25) is 9.78 Å². The average Bonchev–Trinajstić information content (AvgIpc) is 3.33. The average molecular weight is 479 g/mol. The molecule has 0 amide bonds. The van der Waals surface area contributed by atoms with Crippen LogP contribution in [0.2, 0.25) is 0 Å². The Bertz CT molecular complexity index is 1210. The second kappa shape index (κ2) is 9.64. The van der Waals surface area contributed by atoms with E-state index in [1.54, 1.807) is 13.1 Å². The van der Waals surface area contributed by atoms with Gasteiger partial charge in [-0.15, -0.1) is 11.3 Å². The molecule has 34 heavy (non-hydrogen) atoms. The molecule has 1 aliphatic heterocycles. The third-order valence-corrected chi connectivity index (χ3v) is 6.92. The maximum Gasteiger partial charge on any atom is 0.337 e. The Balaban J connectivity index is 1.89. The van der Waals surface area contributed by atoms with Crippen LogP contribution in [0.25, 0.3) is 11.4 Å². The van der Waals surface area contributed by atoms with Gasteiger partial charge in [-0.25, -0.2) is 9.78 Å². The van der Waals surface area contributed by atoms with Crippen LogP contribution >= 0.6 is 11.3 Å². The van der Waals surface area contributed by atoms with Gasteiger partial charge in [0.25, 0.3) is 0 Å². The minimum absolute atomic E-state index is 0.310. The molecule has 1 aliphatic rings. The van der Waals surface area contributed by atoms with Gasteiger partial charge in [0.1, 0.15) is 11.1 Å². The molecule has 3 atom stereocenters. The number of carbonyl (C=O) groups excluding carboxylic acids is 2. The number of anilines is 1. The van der Waals surface area contributed by atoms with Gasteiger partial charge in [0, 0.05) is 23.3 Å². The lowest BCUT2D eigenvalue weighted by molar-refractivity contribution is -0.149. The molecule has 1 aromatic carbocycles. The maximum absolute atomic E-state index is 13.6. The number of nitrogens with zero attached hydrogens (tertiary/aromatic N) is 2. The van der Waals surface area contributed by atoms with Crippen LogP contribution in [0.3, 0.4) is 0 Å². The van der Waals surface area contributed by atoms with Crippen molar-refractivity contribution < 1.29 is 19.1 Å². The summed E-state index contributed by atoms with van der Waals surface area (Å²) < 4.78 is 10.5. The molecular formula is C25H26N4O4S. The van der Waals surface area contributed by atoms with Crippen molar-refractivity contribution in [3.63, 3.8) is 0 Å². The number of esters is 2. The Morgan fingerprint density at radius 1 is 1.06 bits per heavy atom. The van der Waals surface area contributed by atoms with E-state index < -0.39 is 29.4 Å². The summed E-state index contributed by atoms with van der Waals surface area (Å²) in [5, 5.41) is 9.11. The van der Waals surface area contributed by atoms with E-state index in [4.69, 9.17) is 9.47 Å². The van der Waals surface area contributed by atoms with E-state index in [1.165, 1.54) is 25.6 Å². The third kappa shape index (κ3) is 3.92. The van der Waals surface area contributed by atoms with E-state index in [2.05, 4.69) is 20.6 Å². The van der Waals surface area contributed by atoms with Crippen LogP contribution in [-0.4, -0.2) is 48.2 Å². The number of aromatic nitrogens is 2. The number of hydrogen-bond acceptors (Lipinski definition) is 9. The van der Waals surface area contributed by atoms with Gasteiger partial charge in [-0.05, 0) is 31.5 Å². The molecule has 176 valence electrons. The van der Waals surface area contributed by atoms with Gasteiger partial charge in [0.2, 0.25) is 0 Å². The van der Waals surface area contributed by atoms with Crippen LogP contribution in [0.1, 0.15) is 19.4 Å². The van der Waals surface area contributed by atoms with Crippen molar-refractivity contribution in [2.24, 2.45) is 0 Å². The van der Waals surface area contributed by atoms with E-state index in [0.29, 0.717) is 27.7 Å². The molecule has 2 aromatic heterocycles. The first-order chi connectivity index (χ1) is 16.4. The first-order valence-electron chi connectivity index (χ1n) is 10.8. The van der Waals surface area contributed by atoms with E-state index in [1.807, 2.05) is 60.8 Å². The first-order valence-corrected chi connectivity index (χ1v) is 11.6. The molecule has 0 saturated heterocycles. The molecule has 0 fully saturated rings. The van der Waals surface area contributed by atoms with Crippen LogP contribution in [0.5, 0.6) is 0 Å². The zero-order chi connectivity index (χ0) is 24.3. The SMILES string of the molecule is COC(=O)C1=C(C)NC(C)C(C(=O)OC)(c2ccccc2)C1Nc1nc(-c2ccccn2)cs1. The second-order valence-electron chi connectivity index (χ2n) is 7.95. The lowest BCUT2D eigenvalue weighted by atomic mass is 9.64. The number of allylic oxidation sites excluding steroid dienone is 1. The summed E-state index contributed by atoms with van der Waals surface area (Å²) in [5.74, 6) is -1.02. The zero-order valence-electron chi connectivity index (χ0n) is 19.4. The highest BCUT2D eigenvalue weighted by Gasteiger charge is 2.58. The molecule has 4 rings (SSSR count). The molecule has 3 aromatic rings. The minimum atomic E-state index is -1.28. The number of benzene rings is 1. The molecule has 0 aliphatic carbocycles. The summed E-state index contributed by atoms with van der Waals surface area (Å²) in [4.78, 5) is 35.6. The van der Waals surface area contributed by atoms with Gasteiger partial charge in [-0.2, -0.15) is 0 Å². The number of pyridine rings is 1. The summed E-state index contributed by atoms with van der Waals surface area (Å²) in [6.45, 7) is 3.70. The molecule has 9 heteroatoms. The molecule has 0 bridgehead atoms. The highest BCUT2D eigenvalue weighted by atomic mass is 32.1. The highest BCUT2D eigenvalue weighted by molar-refractivity contribution is 7.14. The van der Waals surface area contributed by atoms with Crippen LogP contribution in [0, 0.1) is 0 Å². The molecule has 2 N–H and O–H groups in total. The third-order valence-electron chi connectivity index (χ3n) is 6.14. The minimum Gasteiger partial charge on any atom is -0.468 e. The first kappa shape index (κ1) is 23.4. The quantitative estimate of drug-likeness (QED) is 0.519. The van der Waals surface area contributed by atoms with E-state index in [0.717, 1.165) is 5.69 Å². The number of carbonyl (C=O) groups is 2. The molecule has 0 saturated carbocycles.